The number of benzene rings is 1. The number of hydrogen-bond donors (Lipinski definition) is 2. The zero-order valence-corrected chi connectivity index (χ0v) is 14.7. The molecule has 0 aliphatic rings. The second-order valence-corrected chi connectivity index (χ2v) is 8.11. The van der Waals surface area contributed by atoms with E-state index in [-0.39, 0.29) is 10.8 Å². The van der Waals surface area contributed by atoms with Crippen molar-refractivity contribution in [1.29, 1.82) is 0 Å². The summed E-state index contributed by atoms with van der Waals surface area (Å²) in [5.74, 6) is -0.272. The molecule has 0 unspecified atom stereocenters. The number of rotatable bonds is 5. The first-order valence-electron chi connectivity index (χ1n) is 7.48. The van der Waals surface area contributed by atoms with E-state index in [9.17, 15) is 13.2 Å². The number of aromatic nitrogens is 1. The molecule has 0 saturated carbocycles. The fourth-order valence-electron chi connectivity index (χ4n) is 2.03. The lowest BCUT2D eigenvalue weighted by molar-refractivity contribution is 0.0950. The lowest BCUT2D eigenvalue weighted by atomic mass is 10.1. The quantitative estimate of drug-likeness (QED) is 0.867. The van der Waals surface area contributed by atoms with Gasteiger partial charge in [-0.1, -0.05) is 6.07 Å². The van der Waals surface area contributed by atoms with Crippen molar-refractivity contribution in [2.45, 2.75) is 37.8 Å². The maximum atomic E-state index is 12.2. The van der Waals surface area contributed by atoms with Crippen molar-refractivity contribution < 1.29 is 13.2 Å². The Morgan fingerprint density at radius 2 is 1.79 bits per heavy atom. The van der Waals surface area contributed by atoms with Gasteiger partial charge in [-0.3, -0.25) is 9.78 Å². The molecule has 0 aliphatic heterocycles. The predicted molar refractivity (Wildman–Crippen MR) is 91.9 cm³/mol. The zero-order valence-electron chi connectivity index (χ0n) is 13.9. The van der Waals surface area contributed by atoms with Gasteiger partial charge in [0.2, 0.25) is 10.0 Å². The van der Waals surface area contributed by atoms with Crippen LogP contribution in [-0.2, 0) is 16.6 Å². The first-order valence-corrected chi connectivity index (χ1v) is 8.97. The maximum absolute atomic E-state index is 12.2. The third-order valence-electron chi connectivity index (χ3n) is 3.04. The van der Waals surface area contributed by atoms with E-state index in [0.717, 1.165) is 5.56 Å². The van der Waals surface area contributed by atoms with Gasteiger partial charge in [0.1, 0.15) is 0 Å². The van der Waals surface area contributed by atoms with Crippen LogP contribution in [0.25, 0.3) is 0 Å². The molecule has 0 aliphatic carbocycles. The Hall–Kier alpha value is -2.25. The summed E-state index contributed by atoms with van der Waals surface area (Å²) in [6.45, 7) is 5.67. The predicted octanol–water partition coefficient (Wildman–Crippen LogP) is 2.09. The van der Waals surface area contributed by atoms with Crippen LogP contribution in [0.2, 0.25) is 0 Å². The molecule has 1 aromatic carbocycles. The minimum absolute atomic E-state index is 0.126. The van der Waals surface area contributed by atoms with E-state index in [1.54, 1.807) is 39.2 Å². The highest BCUT2D eigenvalue weighted by Gasteiger charge is 2.22. The number of carbonyl (C=O) groups is 1. The summed E-state index contributed by atoms with van der Waals surface area (Å²) in [5, 5.41) is 2.77. The fourth-order valence-corrected chi connectivity index (χ4v) is 3.45. The lowest BCUT2D eigenvalue weighted by Gasteiger charge is -2.20. The first kappa shape index (κ1) is 18.1. The minimum Gasteiger partial charge on any atom is -0.348 e. The molecule has 0 radical (unpaired) electrons. The topological polar surface area (TPSA) is 88.2 Å². The first-order chi connectivity index (χ1) is 11.2. The third-order valence-corrected chi connectivity index (χ3v) is 4.82. The molecule has 1 aromatic heterocycles. The molecule has 24 heavy (non-hydrogen) atoms. The Morgan fingerprint density at radius 1 is 1.12 bits per heavy atom. The van der Waals surface area contributed by atoms with Crippen molar-refractivity contribution in [1.82, 2.24) is 15.0 Å². The molecule has 6 nitrogen and oxygen atoms in total. The van der Waals surface area contributed by atoms with Gasteiger partial charge in [0.15, 0.2) is 0 Å². The number of sulfonamides is 1. The second-order valence-electron chi connectivity index (χ2n) is 6.42. The summed E-state index contributed by atoms with van der Waals surface area (Å²) in [6, 6.07) is 9.50. The van der Waals surface area contributed by atoms with Crippen LogP contribution in [0.1, 0.15) is 36.7 Å². The van der Waals surface area contributed by atoms with Gasteiger partial charge in [-0.25, -0.2) is 13.1 Å². The van der Waals surface area contributed by atoms with Crippen LogP contribution in [0, 0.1) is 0 Å². The largest absolute Gasteiger partial charge is 0.348 e. The van der Waals surface area contributed by atoms with Crippen molar-refractivity contribution in [2.24, 2.45) is 0 Å². The minimum atomic E-state index is -3.61. The van der Waals surface area contributed by atoms with Crippen LogP contribution in [0.3, 0.4) is 0 Å². The summed E-state index contributed by atoms with van der Waals surface area (Å²) < 4.78 is 27.0. The fraction of sp³-hybridized carbons (Fsp3) is 0.294. The van der Waals surface area contributed by atoms with E-state index in [4.69, 9.17) is 0 Å². The summed E-state index contributed by atoms with van der Waals surface area (Å²) in [7, 11) is -3.61. The molecular formula is C17H21N3O3S. The van der Waals surface area contributed by atoms with Crippen LogP contribution < -0.4 is 10.0 Å². The molecule has 2 aromatic rings. The number of nitrogens with zero attached hydrogens (tertiary/aromatic N) is 1. The van der Waals surface area contributed by atoms with Crippen molar-refractivity contribution in [3.05, 3.63) is 59.9 Å². The Balaban J connectivity index is 2.05. The van der Waals surface area contributed by atoms with Crippen LogP contribution in [-0.4, -0.2) is 24.8 Å². The van der Waals surface area contributed by atoms with Gasteiger partial charge in [-0.15, -0.1) is 0 Å². The summed E-state index contributed by atoms with van der Waals surface area (Å²) in [6.07, 6.45) is 3.34. The van der Waals surface area contributed by atoms with Crippen LogP contribution >= 0.6 is 0 Å². The second kappa shape index (κ2) is 7.11. The number of nitrogens with one attached hydrogen (secondary N) is 2. The smallest absolute Gasteiger partial charge is 0.251 e. The molecule has 128 valence electrons. The molecular weight excluding hydrogens is 326 g/mol. The number of pyridine rings is 1. The van der Waals surface area contributed by atoms with Crippen LogP contribution in [0.4, 0.5) is 0 Å². The SMILES string of the molecule is CC(C)(C)NS(=O)(=O)c1ccc(C(=O)NCc2cccnc2)cc1. The molecule has 0 bridgehead atoms. The van der Waals surface area contributed by atoms with Crippen LogP contribution in [0.5, 0.6) is 0 Å². The van der Waals surface area contributed by atoms with Crippen molar-refractivity contribution in [3.8, 4) is 0 Å². The van der Waals surface area contributed by atoms with Gasteiger partial charge in [-0.2, -0.15) is 0 Å². The van der Waals surface area contributed by atoms with E-state index in [1.807, 2.05) is 6.07 Å². The monoisotopic (exact) mass is 347 g/mol. The molecule has 2 rings (SSSR count). The van der Waals surface area contributed by atoms with Gasteiger partial charge < -0.3 is 5.32 Å². The third kappa shape index (κ3) is 5.14. The average Bonchev–Trinajstić information content (AvgIpc) is 2.51. The molecule has 1 heterocycles. The highest BCUT2D eigenvalue weighted by Crippen LogP contribution is 2.14. The van der Waals surface area contributed by atoms with E-state index in [2.05, 4.69) is 15.0 Å². The summed E-state index contributed by atoms with van der Waals surface area (Å²) >= 11 is 0. The van der Waals surface area contributed by atoms with Crippen LogP contribution in [0.15, 0.2) is 53.7 Å². The van der Waals surface area contributed by atoms with E-state index < -0.39 is 15.6 Å². The van der Waals surface area contributed by atoms with Crippen molar-refractivity contribution in [3.63, 3.8) is 0 Å². The Labute approximate surface area is 142 Å². The highest BCUT2D eigenvalue weighted by atomic mass is 32.2. The maximum Gasteiger partial charge on any atom is 0.251 e. The van der Waals surface area contributed by atoms with Gasteiger partial charge in [0.05, 0.1) is 4.90 Å². The van der Waals surface area contributed by atoms with Gasteiger partial charge in [-0.05, 0) is 56.7 Å². The van der Waals surface area contributed by atoms with E-state index >= 15 is 0 Å². The molecule has 0 atom stereocenters. The normalized spacial score (nSPS) is 12.0. The van der Waals surface area contributed by atoms with E-state index in [0.29, 0.717) is 12.1 Å². The number of hydrogen-bond acceptors (Lipinski definition) is 4. The number of amides is 1. The highest BCUT2D eigenvalue weighted by molar-refractivity contribution is 7.89. The van der Waals surface area contributed by atoms with Gasteiger partial charge >= 0.3 is 0 Å². The van der Waals surface area contributed by atoms with Gasteiger partial charge in [0.25, 0.3) is 5.91 Å². The van der Waals surface area contributed by atoms with Gasteiger partial charge in [0, 0.05) is 30.0 Å². The molecule has 1 amide bonds. The molecule has 2 N–H and O–H groups in total. The Kier molecular flexibility index (Phi) is 5.36. The Morgan fingerprint density at radius 3 is 2.33 bits per heavy atom. The zero-order chi connectivity index (χ0) is 17.8. The number of carbonyl (C=O) groups excluding carboxylic acids is 1. The molecule has 0 saturated heterocycles. The standard InChI is InChI=1S/C17H21N3O3S/c1-17(2,3)20-24(22,23)15-8-6-14(7-9-15)16(21)19-12-13-5-4-10-18-11-13/h4-11,20H,12H2,1-3H3,(H,19,21). The Bertz CT molecular complexity index is 795. The average molecular weight is 347 g/mol. The lowest BCUT2D eigenvalue weighted by Crippen LogP contribution is -2.40. The molecule has 0 spiro atoms. The summed E-state index contributed by atoms with van der Waals surface area (Å²) in [4.78, 5) is 16.2. The van der Waals surface area contributed by atoms with Crippen molar-refractivity contribution >= 4 is 15.9 Å². The van der Waals surface area contributed by atoms with Crippen molar-refractivity contribution in [2.75, 3.05) is 0 Å². The summed E-state index contributed by atoms with van der Waals surface area (Å²) in [5.41, 5.74) is 0.714. The molecule has 7 heteroatoms. The van der Waals surface area contributed by atoms with E-state index in [1.165, 1.54) is 24.3 Å². The molecule has 0 fully saturated rings.